The van der Waals surface area contributed by atoms with Crippen molar-refractivity contribution in [3.05, 3.63) is 29.8 Å². The lowest BCUT2D eigenvalue weighted by atomic mass is 9.69. The predicted octanol–water partition coefficient (Wildman–Crippen LogP) is 8.46. The summed E-state index contributed by atoms with van der Waals surface area (Å²) in [6.07, 6.45) is 4.55. The summed E-state index contributed by atoms with van der Waals surface area (Å²) in [5, 5.41) is 0. The van der Waals surface area contributed by atoms with Crippen molar-refractivity contribution >= 4 is 0 Å². The number of ether oxygens (including phenoxy) is 2. The zero-order chi connectivity index (χ0) is 21.7. The van der Waals surface area contributed by atoms with E-state index in [9.17, 15) is 0 Å². The smallest absolute Gasteiger partial charge is 0.196 e. The maximum atomic E-state index is 5.95. The maximum absolute atomic E-state index is 5.95. The predicted molar refractivity (Wildman–Crippen MR) is 124 cm³/mol. The average Bonchev–Trinajstić information content (AvgIpc) is 2.67. The van der Waals surface area contributed by atoms with Crippen LogP contribution in [0.2, 0.25) is 0 Å². The van der Waals surface area contributed by atoms with Crippen molar-refractivity contribution in [2.45, 2.75) is 107 Å². The Morgan fingerprint density at radius 3 is 1.82 bits per heavy atom. The summed E-state index contributed by atoms with van der Waals surface area (Å²) >= 11 is 0. The minimum Gasteiger partial charge on any atom is -0.465 e. The molecule has 0 fully saturated rings. The van der Waals surface area contributed by atoms with Crippen LogP contribution in [-0.2, 0) is 4.74 Å². The molecule has 3 atom stereocenters. The first-order chi connectivity index (χ1) is 13.2. The number of benzene rings is 1. The van der Waals surface area contributed by atoms with E-state index in [-0.39, 0.29) is 11.7 Å². The zero-order valence-corrected chi connectivity index (χ0v) is 20.5. The highest BCUT2D eigenvalue weighted by Crippen LogP contribution is 2.42. The molecular weight excluding hydrogens is 344 g/mol. The Labute approximate surface area is 176 Å². The van der Waals surface area contributed by atoms with Crippen molar-refractivity contribution < 1.29 is 9.47 Å². The lowest BCUT2D eigenvalue weighted by Crippen LogP contribution is -2.24. The van der Waals surface area contributed by atoms with Crippen LogP contribution in [0.3, 0.4) is 0 Å². The van der Waals surface area contributed by atoms with Crippen LogP contribution in [0.1, 0.15) is 106 Å². The third-order valence-electron chi connectivity index (χ3n) is 5.72. The van der Waals surface area contributed by atoms with Gasteiger partial charge in [0.25, 0.3) is 0 Å². The van der Waals surface area contributed by atoms with Crippen molar-refractivity contribution in [3.63, 3.8) is 0 Å². The van der Waals surface area contributed by atoms with Crippen molar-refractivity contribution in [2.75, 3.05) is 6.61 Å². The third-order valence-corrected chi connectivity index (χ3v) is 5.72. The summed E-state index contributed by atoms with van der Waals surface area (Å²) in [4.78, 5) is 0. The van der Waals surface area contributed by atoms with Crippen LogP contribution in [-0.4, -0.2) is 12.9 Å². The van der Waals surface area contributed by atoms with Crippen molar-refractivity contribution in [2.24, 2.45) is 17.3 Å². The Kier molecular flexibility index (Phi) is 13.5. The Balaban J connectivity index is 0.00000352. The van der Waals surface area contributed by atoms with Gasteiger partial charge < -0.3 is 9.47 Å². The van der Waals surface area contributed by atoms with Crippen LogP contribution >= 0.6 is 0 Å². The standard InChI is InChI=1S/C24H42O2.C2H6/c1-9-18(4)23(24(6,7)8)21-12-14-22(15-13-21)26-19(5)25-17-16-20(10-2)11-3;1-2/h12-15,18-20,23H,9-11,16-17H2,1-8H3;1-2H3. The van der Waals surface area contributed by atoms with Gasteiger partial charge in [-0.1, -0.05) is 93.7 Å². The van der Waals surface area contributed by atoms with Crippen LogP contribution in [0.4, 0.5) is 0 Å². The summed E-state index contributed by atoms with van der Waals surface area (Å²) in [7, 11) is 0. The molecule has 0 aliphatic rings. The van der Waals surface area contributed by atoms with E-state index in [2.05, 4.69) is 72.7 Å². The van der Waals surface area contributed by atoms with E-state index in [4.69, 9.17) is 9.47 Å². The molecule has 0 saturated heterocycles. The number of hydrogen-bond acceptors (Lipinski definition) is 2. The fraction of sp³-hybridized carbons (Fsp3) is 0.769. The molecule has 0 amide bonds. The molecule has 0 aliphatic heterocycles. The van der Waals surface area contributed by atoms with E-state index in [1.54, 1.807) is 0 Å². The van der Waals surface area contributed by atoms with E-state index in [0.29, 0.717) is 11.8 Å². The Morgan fingerprint density at radius 1 is 0.857 bits per heavy atom. The first-order valence-electron chi connectivity index (χ1n) is 11.6. The second-order valence-electron chi connectivity index (χ2n) is 8.83. The van der Waals surface area contributed by atoms with Gasteiger partial charge in [0.2, 0.25) is 0 Å². The summed E-state index contributed by atoms with van der Waals surface area (Å²) < 4.78 is 11.8. The molecule has 1 aromatic rings. The van der Waals surface area contributed by atoms with E-state index in [0.717, 1.165) is 24.7 Å². The molecule has 2 nitrogen and oxygen atoms in total. The molecule has 0 aliphatic carbocycles. The Morgan fingerprint density at radius 2 is 1.39 bits per heavy atom. The second-order valence-corrected chi connectivity index (χ2v) is 8.83. The summed E-state index contributed by atoms with van der Waals surface area (Å²) in [5.74, 6) is 2.86. The highest BCUT2D eigenvalue weighted by molar-refractivity contribution is 5.31. The molecule has 0 N–H and O–H groups in total. The molecule has 1 aromatic carbocycles. The third kappa shape index (κ3) is 9.45. The van der Waals surface area contributed by atoms with Gasteiger partial charge in [0.1, 0.15) is 5.75 Å². The highest BCUT2D eigenvalue weighted by atomic mass is 16.7. The molecule has 0 saturated carbocycles. The number of hydrogen-bond donors (Lipinski definition) is 0. The molecule has 0 radical (unpaired) electrons. The van der Waals surface area contributed by atoms with Gasteiger partial charge in [-0.25, -0.2) is 0 Å². The van der Waals surface area contributed by atoms with Gasteiger partial charge in [-0.15, -0.1) is 0 Å². The van der Waals surface area contributed by atoms with Crippen molar-refractivity contribution in [1.82, 2.24) is 0 Å². The van der Waals surface area contributed by atoms with Crippen LogP contribution in [0.25, 0.3) is 0 Å². The van der Waals surface area contributed by atoms with Gasteiger partial charge in [0.15, 0.2) is 6.29 Å². The highest BCUT2D eigenvalue weighted by Gasteiger charge is 2.30. The minimum absolute atomic E-state index is 0.205. The monoisotopic (exact) mass is 392 g/mol. The largest absolute Gasteiger partial charge is 0.465 e. The Bertz CT molecular complexity index is 482. The molecule has 0 aromatic heterocycles. The molecular formula is C26H48O2. The minimum atomic E-state index is -0.205. The van der Waals surface area contributed by atoms with Gasteiger partial charge in [-0.3, -0.25) is 0 Å². The zero-order valence-electron chi connectivity index (χ0n) is 20.5. The topological polar surface area (TPSA) is 18.5 Å². The van der Waals surface area contributed by atoms with E-state index in [1.165, 1.54) is 24.8 Å². The Hall–Kier alpha value is -1.02. The summed E-state index contributed by atoms with van der Waals surface area (Å²) in [6.45, 7) is 22.9. The number of rotatable bonds is 11. The second kappa shape index (κ2) is 14.0. The van der Waals surface area contributed by atoms with E-state index < -0.39 is 0 Å². The first-order valence-corrected chi connectivity index (χ1v) is 11.6. The molecule has 0 heterocycles. The quantitative estimate of drug-likeness (QED) is 0.352. The van der Waals surface area contributed by atoms with Crippen LogP contribution in [0.15, 0.2) is 24.3 Å². The molecule has 0 spiro atoms. The van der Waals surface area contributed by atoms with E-state index >= 15 is 0 Å². The lowest BCUT2D eigenvalue weighted by Gasteiger charge is -2.36. The van der Waals surface area contributed by atoms with Gasteiger partial charge in [-0.05, 0) is 54.2 Å². The van der Waals surface area contributed by atoms with Crippen molar-refractivity contribution in [3.8, 4) is 5.75 Å². The molecule has 0 bridgehead atoms. The molecule has 1 rings (SSSR count). The van der Waals surface area contributed by atoms with Crippen molar-refractivity contribution in [1.29, 1.82) is 0 Å². The van der Waals surface area contributed by atoms with Gasteiger partial charge in [0, 0.05) is 0 Å². The molecule has 28 heavy (non-hydrogen) atoms. The molecule has 164 valence electrons. The average molecular weight is 393 g/mol. The normalized spacial score (nSPS) is 14.8. The van der Waals surface area contributed by atoms with Gasteiger partial charge >= 0.3 is 0 Å². The maximum Gasteiger partial charge on any atom is 0.196 e. The van der Waals surface area contributed by atoms with Crippen LogP contribution in [0, 0.1) is 17.3 Å². The fourth-order valence-corrected chi connectivity index (χ4v) is 3.99. The fourth-order valence-electron chi connectivity index (χ4n) is 3.99. The van der Waals surface area contributed by atoms with E-state index in [1.807, 2.05) is 20.8 Å². The van der Waals surface area contributed by atoms with Crippen LogP contribution in [0.5, 0.6) is 5.75 Å². The SMILES string of the molecule is CC.CCC(CC)CCOC(C)Oc1ccc(C(C(C)CC)C(C)(C)C)cc1. The lowest BCUT2D eigenvalue weighted by molar-refractivity contribution is -0.0705. The van der Waals surface area contributed by atoms with Crippen LogP contribution < -0.4 is 4.74 Å². The first kappa shape index (κ1) is 27.0. The van der Waals surface area contributed by atoms with Gasteiger partial charge in [-0.2, -0.15) is 0 Å². The molecule has 3 unspecified atom stereocenters. The van der Waals surface area contributed by atoms with Gasteiger partial charge in [0.05, 0.1) is 6.61 Å². The molecule has 2 heteroatoms. The summed E-state index contributed by atoms with van der Waals surface area (Å²) in [5.41, 5.74) is 1.66. The summed E-state index contributed by atoms with van der Waals surface area (Å²) in [6, 6.07) is 8.65.